The van der Waals surface area contributed by atoms with E-state index in [2.05, 4.69) is 15.3 Å². The van der Waals surface area contributed by atoms with Crippen molar-refractivity contribution < 1.29 is 9.90 Å². The first-order valence-corrected chi connectivity index (χ1v) is 9.44. The van der Waals surface area contributed by atoms with Crippen molar-refractivity contribution in [2.45, 2.75) is 19.3 Å². The molecular formula is C22H20N4O3. The van der Waals surface area contributed by atoms with Gasteiger partial charge in [-0.05, 0) is 61.2 Å². The molecule has 1 amide bonds. The molecule has 0 atom stereocenters. The number of carbonyl (C=O) groups is 1. The standard InChI is InChI=1S/C22H20N4O3/c27-17-7-8-19-18(12-17)22(29)26-14-16(6-9-20(26)25-19)21(28)24-11-2-1-4-15-5-3-10-23-13-15/h3,5-10,12-14,27H,1-2,4,11H2,(H,24,28). The maximum absolute atomic E-state index is 12.7. The molecule has 1 aromatic carbocycles. The number of hydrogen-bond donors (Lipinski definition) is 2. The first-order valence-electron chi connectivity index (χ1n) is 9.44. The van der Waals surface area contributed by atoms with Gasteiger partial charge in [0.15, 0.2) is 0 Å². The Morgan fingerprint density at radius 2 is 2.03 bits per heavy atom. The van der Waals surface area contributed by atoms with Crippen molar-refractivity contribution in [2.24, 2.45) is 0 Å². The smallest absolute Gasteiger partial charge is 0.265 e. The van der Waals surface area contributed by atoms with E-state index in [0.29, 0.717) is 28.7 Å². The molecule has 3 heterocycles. The molecule has 7 nitrogen and oxygen atoms in total. The third kappa shape index (κ3) is 4.08. The molecular weight excluding hydrogens is 368 g/mol. The van der Waals surface area contributed by atoms with Gasteiger partial charge in [-0.15, -0.1) is 0 Å². The molecule has 0 saturated heterocycles. The molecule has 2 N–H and O–H groups in total. The first-order chi connectivity index (χ1) is 14.1. The zero-order valence-electron chi connectivity index (χ0n) is 15.7. The van der Waals surface area contributed by atoms with Crippen LogP contribution in [0.4, 0.5) is 0 Å². The number of aryl methyl sites for hydroxylation is 1. The number of benzene rings is 1. The number of aromatic nitrogens is 3. The van der Waals surface area contributed by atoms with Crippen molar-refractivity contribution >= 4 is 22.5 Å². The minimum atomic E-state index is -0.327. The molecule has 0 saturated carbocycles. The van der Waals surface area contributed by atoms with Crippen LogP contribution in [0.1, 0.15) is 28.8 Å². The van der Waals surface area contributed by atoms with Crippen molar-refractivity contribution in [1.29, 1.82) is 0 Å². The van der Waals surface area contributed by atoms with E-state index in [0.717, 1.165) is 19.3 Å². The molecule has 7 heteroatoms. The summed E-state index contributed by atoms with van der Waals surface area (Å²) >= 11 is 0. The van der Waals surface area contributed by atoms with E-state index in [-0.39, 0.29) is 17.2 Å². The number of carbonyl (C=O) groups excluding carboxylic acids is 1. The van der Waals surface area contributed by atoms with E-state index in [4.69, 9.17) is 0 Å². The van der Waals surface area contributed by atoms with Crippen LogP contribution in [-0.4, -0.2) is 31.9 Å². The lowest BCUT2D eigenvalue weighted by molar-refractivity contribution is 0.0952. The summed E-state index contributed by atoms with van der Waals surface area (Å²) in [6, 6.07) is 11.7. The molecule has 0 bridgehead atoms. The fraction of sp³-hybridized carbons (Fsp3) is 0.182. The van der Waals surface area contributed by atoms with E-state index >= 15 is 0 Å². The molecule has 0 unspecified atom stereocenters. The zero-order valence-corrected chi connectivity index (χ0v) is 15.7. The Bertz CT molecular complexity index is 1240. The molecule has 0 aliphatic carbocycles. The van der Waals surface area contributed by atoms with Gasteiger partial charge in [0, 0.05) is 25.1 Å². The van der Waals surface area contributed by atoms with Crippen LogP contribution in [0.2, 0.25) is 0 Å². The summed E-state index contributed by atoms with van der Waals surface area (Å²) in [5.41, 5.74) is 2.18. The number of unbranched alkanes of at least 4 members (excludes halogenated alkanes) is 1. The molecule has 0 aliphatic heterocycles. The van der Waals surface area contributed by atoms with Gasteiger partial charge in [-0.3, -0.25) is 19.0 Å². The quantitative estimate of drug-likeness (QED) is 0.391. The normalized spacial score (nSPS) is 11.0. The topological polar surface area (TPSA) is 96.6 Å². The molecule has 29 heavy (non-hydrogen) atoms. The molecule has 0 aliphatic rings. The van der Waals surface area contributed by atoms with E-state index in [1.54, 1.807) is 24.4 Å². The Morgan fingerprint density at radius 3 is 2.86 bits per heavy atom. The number of pyridine rings is 2. The largest absolute Gasteiger partial charge is 0.508 e. The highest BCUT2D eigenvalue weighted by Crippen LogP contribution is 2.16. The lowest BCUT2D eigenvalue weighted by Crippen LogP contribution is -2.26. The van der Waals surface area contributed by atoms with E-state index in [1.165, 1.54) is 28.3 Å². The monoisotopic (exact) mass is 388 g/mol. The van der Waals surface area contributed by atoms with Crippen LogP contribution in [0.3, 0.4) is 0 Å². The maximum atomic E-state index is 12.7. The van der Waals surface area contributed by atoms with Gasteiger partial charge in [-0.2, -0.15) is 0 Å². The highest BCUT2D eigenvalue weighted by atomic mass is 16.3. The van der Waals surface area contributed by atoms with Gasteiger partial charge in [0.25, 0.3) is 11.5 Å². The number of amides is 1. The Kier molecular flexibility index (Phi) is 5.20. The first kappa shape index (κ1) is 18.6. The van der Waals surface area contributed by atoms with Gasteiger partial charge < -0.3 is 10.4 Å². The summed E-state index contributed by atoms with van der Waals surface area (Å²) in [4.78, 5) is 33.7. The van der Waals surface area contributed by atoms with Crippen LogP contribution in [0.25, 0.3) is 16.6 Å². The fourth-order valence-electron chi connectivity index (χ4n) is 3.23. The Hall–Kier alpha value is -3.74. The van der Waals surface area contributed by atoms with Crippen molar-refractivity contribution in [3.8, 4) is 5.75 Å². The van der Waals surface area contributed by atoms with Crippen molar-refractivity contribution in [3.63, 3.8) is 0 Å². The molecule has 4 aromatic rings. The third-order valence-corrected chi connectivity index (χ3v) is 4.75. The van der Waals surface area contributed by atoms with E-state index in [1.807, 2.05) is 18.3 Å². The lowest BCUT2D eigenvalue weighted by Gasteiger charge is -2.08. The second-order valence-electron chi connectivity index (χ2n) is 6.84. The van der Waals surface area contributed by atoms with E-state index < -0.39 is 0 Å². The SMILES string of the molecule is O=C(NCCCCc1cccnc1)c1ccc2nc3ccc(O)cc3c(=O)n2c1. The number of rotatable bonds is 6. The average Bonchev–Trinajstić information content (AvgIpc) is 2.74. The highest BCUT2D eigenvalue weighted by molar-refractivity contribution is 5.94. The number of aromatic hydroxyl groups is 1. The number of hydrogen-bond acceptors (Lipinski definition) is 5. The van der Waals surface area contributed by atoms with Gasteiger partial charge >= 0.3 is 0 Å². The number of phenols is 1. The lowest BCUT2D eigenvalue weighted by atomic mass is 10.1. The van der Waals surface area contributed by atoms with Gasteiger partial charge in [0.1, 0.15) is 11.4 Å². The van der Waals surface area contributed by atoms with Crippen LogP contribution < -0.4 is 10.9 Å². The third-order valence-electron chi connectivity index (χ3n) is 4.75. The number of nitrogens with zero attached hydrogens (tertiary/aromatic N) is 3. The fourth-order valence-corrected chi connectivity index (χ4v) is 3.23. The van der Waals surface area contributed by atoms with E-state index in [9.17, 15) is 14.7 Å². The number of nitrogens with one attached hydrogen (secondary N) is 1. The van der Waals surface area contributed by atoms with Crippen molar-refractivity contribution in [3.05, 3.63) is 82.5 Å². The minimum Gasteiger partial charge on any atom is -0.508 e. The Morgan fingerprint density at radius 1 is 1.14 bits per heavy atom. The molecule has 4 rings (SSSR count). The molecule has 146 valence electrons. The summed E-state index contributed by atoms with van der Waals surface area (Å²) in [6.45, 7) is 0.551. The maximum Gasteiger partial charge on any atom is 0.265 e. The van der Waals surface area contributed by atoms with Gasteiger partial charge in [-0.1, -0.05) is 6.07 Å². The molecule has 3 aromatic heterocycles. The van der Waals surface area contributed by atoms with Crippen molar-refractivity contribution in [1.82, 2.24) is 19.7 Å². The van der Waals surface area contributed by atoms with Crippen LogP contribution >= 0.6 is 0 Å². The van der Waals surface area contributed by atoms with Crippen LogP contribution in [0.5, 0.6) is 5.75 Å². The van der Waals surface area contributed by atoms with Crippen LogP contribution in [0.15, 0.2) is 65.8 Å². The summed E-state index contributed by atoms with van der Waals surface area (Å²) in [6.07, 6.45) is 7.80. The predicted octanol–water partition coefficient (Wildman–Crippen LogP) is 2.70. The van der Waals surface area contributed by atoms with Crippen LogP contribution in [-0.2, 0) is 6.42 Å². The van der Waals surface area contributed by atoms with Crippen LogP contribution in [0, 0.1) is 0 Å². The van der Waals surface area contributed by atoms with Gasteiger partial charge in [-0.25, -0.2) is 4.98 Å². The average molecular weight is 388 g/mol. The minimum absolute atomic E-state index is 0.00321. The Labute approximate surface area is 166 Å². The van der Waals surface area contributed by atoms with Gasteiger partial charge in [0.05, 0.1) is 16.5 Å². The zero-order chi connectivity index (χ0) is 20.2. The summed E-state index contributed by atoms with van der Waals surface area (Å²) in [5.74, 6) is -0.243. The second kappa shape index (κ2) is 8.10. The summed E-state index contributed by atoms with van der Waals surface area (Å²) < 4.78 is 1.33. The predicted molar refractivity (Wildman–Crippen MR) is 110 cm³/mol. The summed E-state index contributed by atoms with van der Waals surface area (Å²) in [5, 5.41) is 12.8. The number of phenolic OH excluding ortho intramolecular Hbond substituents is 1. The molecule has 0 spiro atoms. The molecule has 0 fully saturated rings. The molecule has 0 radical (unpaired) electrons. The second-order valence-corrected chi connectivity index (χ2v) is 6.84. The highest BCUT2D eigenvalue weighted by Gasteiger charge is 2.10. The summed E-state index contributed by atoms with van der Waals surface area (Å²) in [7, 11) is 0. The Balaban J connectivity index is 1.44. The van der Waals surface area contributed by atoms with Gasteiger partial charge in [0.2, 0.25) is 0 Å². The van der Waals surface area contributed by atoms with Crippen molar-refractivity contribution in [2.75, 3.05) is 6.54 Å². The number of fused-ring (bicyclic) bond motifs is 2.